The molecule has 1 saturated carbocycles. The maximum atomic E-state index is 12.1. The Morgan fingerprint density at radius 2 is 1.94 bits per heavy atom. The number of amides is 2. The van der Waals surface area contributed by atoms with Crippen molar-refractivity contribution in [3.05, 3.63) is 0 Å². The Balaban J connectivity index is 1.75. The van der Waals surface area contributed by atoms with E-state index in [1.54, 1.807) is 4.90 Å². The van der Waals surface area contributed by atoms with Gasteiger partial charge in [0, 0.05) is 19.5 Å². The highest BCUT2D eigenvalue weighted by atomic mass is 16.2. The maximum Gasteiger partial charge on any atom is 0.239 e. The molecule has 2 rings (SSSR count). The van der Waals surface area contributed by atoms with E-state index in [0.29, 0.717) is 31.3 Å². The summed E-state index contributed by atoms with van der Waals surface area (Å²) in [5, 5.41) is 2.74. The van der Waals surface area contributed by atoms with Crippen LogP contribution in [-0.4, -0.2) is 42.9 Å². The molecule has 18 heavy (non-hydrogen) atoms. The molecule has 3 N–H and O–H groups in total. The summed E-state index contributed by atoms with van der Waals surface area (Å²) in [6.45, 7) is 2.25. The Morgan fingerprint density at radius 3 is 2.56 bits per heavy atom. The number of nitrogens with two attached hydrogens (primary N) is 1. The molecule has 5 nitrogen and oxygen atoms in total. The van der Waals surface area contributed by atoms with E-state index >= 15 is 0 Å². The highest BCUT2D eigenvalue weighted by Crippen LogP contribution is 2.30. The second-order valence-corrected chi connectivity index (χ2v) is 5.49. The van der Waals surface area contributed by atoms with Gasteiger partial charge in [-0.05, 0) is 44.1 Å². The van der Waals surface area contributed by atoms with E-state index in [2.05, 4.69) is 5.32 Å². The molecule has 1 heterocycles. The van der Waals surface area contributed by atoms with Gasteiger partial charge in [0.1, 0.15) is 0 Å². The van der Waals surface area contributed by atoms with Crippen molar-refractivity contribution < 1.29 is 9.59 Å². The molecular weight excluding hydrogens is 230 g/mol. The van der Waals surface area contributed by atoms with Crippen molar-refractivity contribution in [2.75, 3.05) is 26.2 Å². The van der Waals surface area contributed by atoms with Gasteiger partial charge in [-0.3, -0.25) is 9.59 Å². The summed E-state index contributed by atoms with van der Waals surface area (Å²) in [7, 11) is 0. The molecule has 0 spiro atoms. The number of rotatable bonds is 3. The van der Waals surface area contributed by atoms with Crippen LogP contribution in [0.4, 0.5) is 0 Å². The van der Waals surface area contributed by atoms with E-state index in [4.69, 9.17) is 5.73 Å². The molecule has 0 aromatic rings. The van der Waals surface area contributed by atoms with Crippen molar-refractivity contribution >= 4 is 11.8 Å². The van der Waals surface area contributed by atoms with Crippen molar-refractivity contribution in [1.82, 2.24) is 10.2 Å². The molecule has 1 aliphatic heterocycles. The fourth-order valence-corrected chi connectivity index (χ4v) is 2.90. The van der Waals surface area contributed by atoms with Crippen LogP contribution in [0.1, 0.15) is 32.1 Å². The van der Waals surface area contributed by atoms with Crippen LogP contribution in [0, 0.1) is 11.8 Å². The number of hydrogen-bond acceptors (Lipinski definition) is 3. The lowest BCUT2D eigenvalue weighted by Gasteiger charge is -2.31. The molecule has 0 bridgehead atoms. The first-order valence-electron chi connectivity index (χ1n) is 6.93. The average Bonchev–Trinajstić information content (AvgIpc) is 2.39. The van der Waals surface area contributed by atoms with Crippen molar-refractivity contribution in [2.45, 2.75) is 32.1 Å². The lowest BCUT2D eigenvalue weighted by atomic mass is 9.80. The number of nitrogens with zero attached hydrogens (tertiary/aromatic N) is 1. The second kappa shape index (κ2) is 6.18. The Morgan fingerprint density at radius 1 is 1.28 bits per heavy atom. The van der Waals surface area contributed by atoms with Crippen LogP contribution in [0.15, 0.2) is 0 Å². The van der Waals surface area contributed by atoms with Crippen LogP contribution >= 0.6 is 0 Å². The van der Waals surface area contributed by atoms with E-state index in [-0.39, 0.29) is 18.4 Å². The van der Waals surface area contributed by atoms with Crippen LogP contribution in [-0.2, 0) is 9.59 Å². The summed E-state index contributed by atoms with van der Waals surface area (Å²) in [4.78, 5) is 25.0. The van der Waals surface area contributed by atoms with Crippen LogP contribution < -0.4 is 11.1 Å². The minimum absolute atomic E-state index is 0.0403. The van der Waals surface area contributed by atoms with Gasteiger partial charge in [-0.1, -0.05) is 0 Å². The molecule has 1 saturated heterocycles. The van der Waals surface area contributed by atoms with Gasteiger partial charge < -0.3 is 16.0 Å². The third-order valence-corrected chi connectivity index (χ3v) is 4.15. The van der Waals surface area contributed by atoms with Gasteiger partial charge >= 0.3 is 0 Å². The monoisotopic (exact) mass is 253 g/mol. The van der Waals surface area contributed by atoms with Gasteiger partial charge in [-0.2, -0.15) is 0 Å². The molecule has 2 aliphatic rings. The summed E-state index contributed by atoms with van der Waals surface area (Å²) >= 11 is 0. The number of hydrogen-bond donors (Lipinski definition) is 2. The lowest BCUT2D eigenvalue weighted by Crippen LogP contribution is -2.50. The van der Waals surface area contributed by atoms with Crippen LogP contribution in [0.25, 0.3) is 0 Å². The molecule has 0 radical (unpaired) electrons. The van der Waals surface area contributed by atoms with E-state index in [1.807, 2.05) is 0 Å². The second-order valence-electron chi connectivity index (χ2n) is 5.49. The number of carbonyl (C=O) groups is 2. The van der Waals surface area contributed by atoms with Gasteiger partial charge in [0.2, 0.25) is 11.8 Å². The highest BCUT2D eigenvalue weighted by Gasteiger charge is 2.26. The zero-order chi connectivity index (χ0) is 13.0. The predicted octanol–water partition coefficient (Wildman–Crippen LogP) is 0.100. The lowest BCUT2D eigenvalue weighted by molar-refractivity contribution is -0.139. The minimum atomic E-state index is -0.0403. The molecule has 5 heteroatoms. The quantitative estimate of drug-likeness (QED) is 0.749. The SMILES string of the molecule is NCC1CCC(CC(=O)N2CCNC(=O)C2)CC1. The third-order valence-electron chi connectivity index (χ3n) is 4.15. The first-order chi connectivity index (χ1) is 8.69. The zero-order valence-electron chi connectivity index (χ0n) is 10.9. The average molecular weight is 253 g/mol. The minimum Gasteiger partial charge on any atom is -0.353 e. The molecule has 0 atom stereocenters. The molecule has 0 aromatic carbocycles. The van der Waals surface area contributed by atoms with Crippen molar-refractivity contribution in [3.8, 4) is 0 Å². The highest BCUT2D eigenvalue weighted by molar-refractivity contribution is 5.85. The van der Waals surface area contributed by atoms with Gasteiger partial charge in [0.25, 0.3) is 0 Å². The van der Waals surface area contributed by atoms with E-state index in [1.165, 1.54) is 0 Å². The summed E-state index contributed by atoms with van der Waals surface area (Å²) in [6.07, 6.45) is 5.11. The van der Waals surface area contributed by atoms with E-state index in [9.17, 15) is 9.59 Å². The number of carbonyl (C=O) groups excluding carboxylic acids is 2. The fraction of sp³-hybridized carbons (Fsp3) is 0.846. The Bertz CT molecular complexity index is 311. The summed E-state index contributed by atoms with van der Waals surface area (Å²) in [6, 6.07) is 0. The van der Waals surface area contributed by atoms with Gasteiger partial charge in [0.05, 0.1) is 6.54 Å². The molecular formula is C13H23N3O2. The van der Waals surface area contributed by atoms with Crippen molar-refractivity contribution in [1.29, 1.82) is 0 Å². The third kappa shape index (κ3) is 3.45. The van der Waals surface area contributed by atoms with Gasteiger partial charge in [-0.15, -0.1) is 0 Å². The van der Waals surface area contributed by atoms with E-state index in [0.717, 1.165) is 32.2 Å². The van der Waals surface area contributed by atoms with Crippen LogP contribution in [0.3, 0.4) is 0 Å². The fourth-order valence-electron chi connectivity index (χ4n) is 2.90. The zero-order valence-corrected chi connectivity index (χ0v) is 10.9. The van der Waals surface area contributed by atoms with Gasteiger partial charge in [-0.25, -0.2) is 0 Å². The molecule has 0 aromatic heterocycles. The smallest absolute Gasteiger partial charge is 0.239 e. The van der Waals surface area contributed by atoms with E-state index < -0.39 is 0 Å². The molecule has 2 fully saturated rings. The first kappa shape index (κ1) is 13.3. The van der Waals surface area contributed by atoms with Crippen LogP contribution in [0.2, 0.25) is 0 Å². The summed E-state index contributed by atoms with van der Waals surface area (Å²) < 4.78 is 0. The first-order valence-corrected chi connectivity index (χ1v) is 6.93. The Hall–Kier alpha value is -1.10. The summed E-state index contributed by atoms with van der Waals surface area (Å²) in [5.41, 5.74) is 5.66. The van der Waals surface area contributed by atoms with Crippen molar-refractivity contribution in [3.63, 3.8) is 0 Å². The van der Waals surface area contributed by atoms with Crippen LogP contribution in [0.5, 0.6) is 0 Å². The maximum absolute atomic E-state index is 12.1. The molecule has 102 valence electrons. The molecule has 1 aliphatic carbocycles. The van der Waals surface area contributed by atoms with Gasteiger partial charge in [0.15, 0.2) is 0 Å². The predicted molar refractivity (Wildman–Crippen MR) is 68.7 cm³/mol. The normalized spacial score (nSPS) is 28.9. The molecule has 0 unspecified atom stereocenters. The topological polar surface area (TPSA) is 75.4 Å². The Kier molecular flexibility index (Phi) is 4.58. The van der Waals surface area contributed by atoms with Crippen molar-refractivity contribution in [2.24, 2.45) is 17.6 Å². The number of piperazine rings is 1. The number of nitrogens with one attached hydrogen (secondary N) is 1. The summed E-state index contributed by atoms with van der Waals surface area (Å²) in [5.74, 6) is 1.24. The Labute approximate surface area is 108 Å². The largest absolute Gasteiger partial charge is 0.353 e. The molecule has 2 amide bonds. The standard InChI is InChI=1S/C13H23N3O2/c14-8-11-3-1-10(2-4-11)7-13(18)16-6-5-15-12(17)9-16/h10-11H,1-9,14H2,(H,15,17).